The van der Waals surface area contributed by atoms with Crippen LogP contribution in [0.1, 0.15) is 12.8 Å². The monoisotopic (exact) mass is 320 g/mol. The fourth-order valence-corrected chi connectivity index (χ4v) is 2.60. The summed E-state index contributed by atoms with van der Waals surface area (Å²) in [4.78, 5) is 13.4. The lowest BCUT2D eigenvalue weighted by Crippen LogP contribution is -2.44. The van der Waals surface area contributed by atoms with Gasteiger partial charge in [0.1, 0.15) is 0 Å². The Morgan fingerprint density at radius 1 is 1.38 bits per heavy atom. The van der Waals surface area contributed by atoms with Gasteiger partial charge in [0.05, 0.1) is 23.2 Å². The number of nitrogens with zero attached hydrogens (tertiary/aromatic N) is 1. The molecule has 0 spiro atoms. The summed E-state index contributed by atoms with van der Waals surface area (Å²) in [6.07, 6.45) is -3.62. The Bertz CT molecular complexity index is 507. The van der Waals surface area contributed by atoms with Crippen LogP contribution in [0.5, 0.6) is 0 Å². The average Bonchev–Trinajstić information content (AvgIpc) is 2.41. The van der Waals surface area contributed by atoms with Gasteiger partial charge in [-0.05, 0) is 31.5 Å². The number of amides is 1. The lowest BCUT2D eigenvalue weighted by molar-refractivity contribution is -0.186. The second-order valence-corrected chi connectivity index (χ2v) is 5.55. The number of halogens is 4. The molecule has 1 aromatic carbocycles. The van der Waals surface area contributed by atoms with Crippen molar-refractivity contribution in [1.29, 1.82) is 0 Å². The summed E-state index contributed by atoms with van der Waals surface area (Å²) in [7, 11) is 0. The third kappa shape index (κ3) is 4.61. The molecule has 1 unspecified atom stereocenters. The molecule has 0 aromatic heterocycles. The van der Waals surface area contributed by atoms with Crippen LogP contribution in [0, 0.1) is 5.92 Å². The number of para-hydroxylation sites is 1. The van der Waals surface area contributed by atoms with Crippen LogP contribution >= 0.6 is 11.6 Å². The highest BCUT2D eigenvalue weighted by Crippen LogP contribution is 2.33. The fourth-order valence-electron chi connectivity index (χ4n) is 2.42. The Morgan fingerprint density at radius 2 is 2.10 bits per heavy atom. The molecule has 116 valence electrons. The van der Waals surface area contributed by atoms with E-state index in [4.69, 9.17) is 11.6 Å². The summed E-state index contributed by atoms with van der Waals surface area (Å²) in [5, 5.41) is 3.02. The van der Waals surface area contributed by atoms with E-state index in [2.05, 4.69) is 5.32 Å². The number of rotatable bonds is 3. The van der Waals surface area contributed by atoms with Crippen molar-refractivity contribution in [2.45, 2.75) is 19.0 Å². The predicted octanol–water partition coefficient (Wildman–Crippen LogP) is 3.55. The van der Waals surface area contributed by atoms with Gasteiger partial charge in [0.25, 0.3) is 0 Å². The second-order valence-electron chi connectivity index (χ2n) is 5.14. The zero-order valence-corrected chi connectivity index (χ0v) is 12.0. The Kier molecular flexibility index (Phi) is 5.11. The highest BCUT2D eigenvalue weighted by atomic mass is 35.5. The molecule has 1 saturated heterocycles. The normalized spacial score (nSPS) is 20.3. The van der Waals surface area contributed by atoms with E-state index in [0.717, 1.165) is 0 Å². The molecule has 0 aliphatic carbocycles. The highest BCUT2D eigenvalue weighted by molar-refractivity contribution is 6.33. The van der Waals surface area contributed by atoms with Crippen molar-refractivity contribution in [3.8, 4) is 0 Å². The van der Waals surface area contributed by atoms with Crippen LogP contribution in [0.4, 0.5) is 18.9 Å². The van der Waals surface area contributed by atoms with E-state index in [-0.39, 0.29) is 25.4 Å². The lowest BCUT2D eigenvalue weighted by Gasteiger charge is -2.33. The summed E-state index contributed by atoms with van der Waals surface area (Å²) >= 11 is 5.92. The molecule has 0 radical (unpaired) electrons. The zero-order chi connectivity index (χ0) is 15.5. The molecule has 21 heavy (non-hydrogen) atoms. The van der Waals surface area contributed by atoms with Gasteiger partial charge in [-0.25, -0.2) is 0 Å². The SMILES string of the molecule is O=C(CN1CCCC(C(F)(F)F)C1)Nc1ccccc1Cl. The van der Waals surface area contributed by atoms with E-state index < -0.39 is 12.1 Å². The van der Waals surface area contributed by atoms with Gasteiger partial charge in [-0.1, -0.05) is 23.7 Å². The van der Waals surface area contributed by atoms with E-state index in [1.165, 1.54) is 4.90 Å². The number of piperidine rings is 1. The first kappa shape index (κ1) is 16.1. The Balaban J connectivity index is 1.89. The standard InChI is InChI=1S/C14H16ClF3N2O/c15-11-5-1-2-6-12(11)19-13(21)9-20-7-3-4-10(8-20)14(16,17)18/h1-2,5-6,10H,3-4,7-9H2,(H,19,21). The topological polar surface area (TPSA) is 32.3 Å². The largest absolute Gasteiger partial charge is 0.393 e. The molecule has 1 aliphatic rings. The quantitative estimate of drug-likeness (QED) is 0.923. The maximum atomic E-state index is 12.7. The molecule has 0 bridgehead atoms. The number of carbonyl (C=O) groups excluding carboxylic acids is 1. The van der Waals surface area contributed by atoms with Gasteiger partial charge < -0.3 is 5.32 Å². The van der Waals surface area contributed by atoms with Gasteiger partial charge in [0, 0.05) is 6.54 Å². The van der Waals surface area contributed by atoms with Gasteiger partial charge in [-0.15, -0.1) is 0 Å². The number of carbonyl (C=O) groups is 1. The zero-order valence-electron chi connectivity index (χ0n) is 11.3. The number of hydrogen-bond acceptors (Lipinski definition) is 2. The Morgan fingerprint density at radius 3 is 2.76 bits per heavy atom. The van der Waals surface area contributed by atoms with Crippen LogP contribution in [0.2, 0.25) is 5.02 Å². The lowest BCUT2D eigenvalue weighted by atomic mass is 9.97. The van der Waals surface area contributed by atoms with Crippen molar-refractivity contribution in [2.75, 3.05) is 25.0 Å². The molecule has 7 heteroatoms. The first-order valence-electron chi connectivity index (χ1n) is 6.69. The van der Waals surface area contributed by atoms with Gasteiger partial charge in [-0.3, -0.25) is 9.69 Å². The molecule has 0 saturated carbocycles. The Labute approximate surface area is 126 Å². The van der Waals surface area contributed by atoms with Gasteiger partial charge in [0.15, 0.2) is 0 Å². The molecular weight excluding hydrogens is 305 g/mol. The van der Waals surface area contributed by atoms with Crippen molar-refractivity contribution in [1.82, 2.24) is 4.90 Å². The summed E-state index contributed by atoms with van der Waals surface area (Å²) in [6.45, 7) is 0.319. The van der Waals surface area contributed by atoms with Crippen molar-refractivity contribution in [2.24, 2.45) is 5.92 Å². The molecule has 1 aromatic rings. The van der Waals surface area contributed by atoms with Crippen LogP contribution in [-0.4, -0.2) is 36.6 Å². The molecule has 1 amide bonds. The summed E-state index contributed by atoms with van der Waals surface area (Å²) in [5.74, 6) is -1.70. The molecule has 1 atom stereocenters. The number of anilines is 1. The minimum absolute atomic E-state index is 0.0577. The van der Waals surface area contributed by atoms with E-state index in [1.807, 2.05) is 0 Å². The second kappa shape index (κ2) is 6.66. The summed E-state index contributed by atoms with van der Waals surface area (Å²) in [5.41, 5.74) is 0.466. The summed E-state index contributed by atoms with van der Waals surface area (Å²) in [6, 6.07) is 6.74. The fraction of sp³-hybridized carbons (Fsp3) is 0.500. The number of benzene rings is 1. The third-order valence-corrected chi connectivity index (χ3v) is 3.81. The third-order valence-electron chi connectivity index (χ3n) is 3.48. The van der Waals surface area contributed by atoms with Crippen LogP contribution in [-0.2, 0) is 4.79 Å². The first-order chi connectivity index (χ1) is 9.86. The first-order valence-corrected chi connectivity index (χ1v) is 7.07. The molecule has 1 fully saturated rings. The summed E-state index contributed by atoms with van der Waals surface area (Å²) < 4.78 is 38.1. The molecule has 1 heterocycles. The average molecular weight is 321 g/mol. The van der Waals surface area contributed by atoms with Crippen molar-refractivity contribution in [3.63, 3.8) is 0 Å². The highest BCUT2D eigenvalue weighted by Gasteiger charge is 2.41. The number of alkyl halides is 3. The minimum Gasteiger partial charge on any atom is -0.324 e. The van der Waals surface area contributed by atoms with Crippen molar-refractivity contribution in [3.05, 3.63) is 29.3 Å². The van der Waals surface area contributed by atoms with Crippen LogP contribution < -0.4 is 5.32 Å². The predicted molar refractivity (Wildman–Crippen MR) is 75.3 cm³/mol. The van der Waals surface area contributed by atoms with E-state index in [1.54, 1.807) is 24.3 Å². The van der Waals surface area contributed by atoms with Gasteiger partial charge in [-0.2, -0.15) is 13.2 Å². The maximum Gasteiger partial charge on any atom is 0.393 e. The van der Waals surface area contributed by atoms with Gasteiger partial charge >= 0.3 is 6.18 Å². The molecule has 3 nitrogen and oxygen atoms in total. The molecular formula is C14H16ClF3N2O. The van der Waals surface area contributed by atoms with E-state index in [9.17, 15) is 18.0 Å². The van der Waals surface area contributed by atoms with Crippen molar-refractivity contribution >= 4 is 23.2 Å². The molecule has 1 aliphatic heterocycles. The van der Waals surface area contributed by atoms with Crippen LogP contribution in [0.15, 0.2) is 24.3 Å². The molecule has 1 N–H and O–H groups in total. The number of nitrogens with one attached hydrogen (secondary N) is 1. The van der Waals surface area contributed by atoms with Crippen LogP contribution in [0.25, 0.3) is 0 Å². The number of likely N-dealkylation sites (tertiary alicyclic amines) is 1. The Hall–Kier alpha value is -1.27. The maximum absolute atomic E-state index is 12.7. The smallest absolute Gasteiger partial charge is 0.324 e. The van der Waals surface area contributed by atoms with E-state index >= 15 is 0 Å². The van der Waals surface area contributed by atoms with Crippen LogP contribution in [0.3, 0.4) is 0 Å². The molecule has 2 rings (SSSR count). The van der Waals surface area contributed by atoms with E-state index in [0.29, 0.717) is 23.7 Å². The van der Waals surface area contributed by atoms with Gasteiger partial charge in [0.2, 0.25) is 5.91 Å². The minimum atomic E-state index is -4.20. The van der Waals surface area contributed by atoms with Crippen molar-refractivity contribution < 1.29 is 18.0 Å². The number of hydrogen-bond donors (Lipinski definition) is 1.